The molecule has 2 aromatic carbocycles. The lowest BCUT2D eigenvalue weighted by Crippen LogP contribution is -2.53. The van der Waals surface area contributed by atoms with Crippen LogP contribution in [-0.4, -0.2) is 43.0 Å². The number of nitrogens with zero attached hydrogens (tertiary/aromatic N) is 1. The molecule has 8 heteroatoms. The normalized spacial score (nSPS) is 27.2. The molecule has 2 aliphatic carbocycles. The van der Waals surface area contributed by atoms with Crippen molar-refractivity contribution in [1.29, 1.82) is 0 Å². The van der Waals surface area contributed by atoms with Gasteiger partial charge in [-0.3, -0.25) is 9.59 Å². The number of piperidine rings is 1. The monoisotopic (exact) mass is 470 g/mol. The molecule has 0 radical (unpaired) electrons. The number of halogens is 1. The first-order valence-electron chi connectivity index (χ1n) is 11.2. The molecule has 2 aromatic rings. The topological polar surface area (TPSA) is 97.5 Å². The zero-order valence-corrected chi connectivity index (χ0v) is 19.4. The highest BCUT2D eigenvalue weighted by molar-refractivity contribution is 7.90. The van der Waals surface area contributed by atoms with Gasteiger partial charge in [0.15, 0.2) is 9.84 Å². The van der Waals surface area contributed by atoms with E-state index < -0.39 is 33.2 Å². The minimum Gasteiger partial charge on any atom is -0.368 e. The molecule has 2 amide bonds. The average Bonchev–Trinajstić information content (AvgIpc) is 3.68. The van der Waals surface area contributed by atoms with Crippen molar-refractivity contribution in [2.45, 2.75) is 55.0 Å². The highest BCUT2D eigenvalue weighted by atomic mass is 32.2. The van der Waals surface area contributed by atoms with Crippen LogP contribution in [0.2, 0.25) is 0 Å². The summed E-state index contributed by atoms with van der Waals surface area (Å²) in [5.41, 5.74) is 6.73. The maximum absolute atomic E-state index is 14.5. The van der Waals surface area contributed by atoms with E-state index in [9.17, 15) is 22.4 Å². The molecule has 1 saturated heterocycles. The SMILES string of the molecule is Cc1ccc([C@@H](C2CC2)C23CC2CC(C(N)=O)N3C(=O)c2cccc(S(C)(=O)=O)c2)cc1F. The van der Waals surface area contributed by atoms with Crippen molar-refractivity contribution in [3.05, 3.63) is 65.0 Å². The van der Waals surface area contributed by atoms with Gasteiger partial charge < -0.3 is 10.6 Å². The summed E-state index contributed by atoms with van der Waals surface area (Å²) in [5, 5.41) is 0. The number of likely N-dealkylation sites (tertiary alicyclic amines) is 1. The number of rotatable bonds is 6. The van der Waals surface area contributed by atoms with Crippen LogP contribution in [0.25, 0.3) is 0 Å². The summed E-state index contributed by atoms with van der Waals surface area (Å²) in [6, 6.07) is 10.4. The van der Waals surface area contributed by atoms with Gasteiger partial charge in [0.1, 0.15) is 11.9 Å². The van der Waals surface area contributed by atoms with Crippen molar-refractivity contribution in [3.63, 3.8) is 0 Å². The average molecular weight is 471 g/mol. The Balaban J connectivity index is 1.60. The summed E-state index contributed by atoms with van der Waals surface area (Å²) < 4.78 is 38.6. The lowest BCUT2D eigenvalue weighted by Gasteiger charge is -2.39. The number of hydrogen-bond donors (Lipinski definition) is 1. The van der Waals surface area contributed by atoms with E-state index in [1.54, 1.807) is 30.0 Å². The Labute approximate surface area is 192 Å². The molecule has 1 aliphatic heterocycles. The summed E-state index contributed by atoms with van der Waals surface area (Å²) in [4.78, 5) is 27.9. The molecule has 3 aliphatic rings. The Kier molecular flexibility index (Phi) is 4.94. The van der Waals surface area contributed by atoms with E-state index in [1.165, 1.54) is 18.2 Å². The fourth-order valence-corrected chi connectivity index (χ4v) is 6.55. The van der Waals surface area contributed by atoms with Gasteiger partial charge in [-0.25, -0.2) is 12.8 Å². The summed E-state index contributed by atoms with van der Waals surface area (Å²) in [6.07, 6.45) is 4.27. The highest BCUT2D eigenvalue weighted by Crippen LogP contribution is 2.69. The molecule has 2 N–H and O–H groups in total. The molecule has 1 heterocycles. The largest absolute Gasteiger partial charge is 0.368 e. The second kappa shape index (κ2) is 7.38. The fourth-order valence-electron chi connectivity index (χ4n) is 5.89. The van der Waals surface area contributed by atoms with Crippen LogP contribution < -0.4 is 5.73 Å². The van der Waals surface area contributed by atoms with E-state index in [4.69, 9.17) is 5.73 Å². The van der Waals surface area contributed by atoms with Crippen molar-refractivity contribution >= 4 is 21.7 Å². The van der Waals surface area contributed by atoms with E-state index in [0.29, 0.717) is 17.9 Å². The van der Waals surface area contributed by atoms with Gasteiger partial charge in [-0.15, -0.1) is 0 Å². The van der Waals surface area contributed by atoms with Crippen LogP contribution >= 0.6 is 0 Å². The Morgan fingerprint density at radius 2 is 1.91 bits per heavy atom. The Morgan fingerprint density at radius 1 is 1.18 bits per heavy atom. The number of amides is 2. The van der Waals surface area contributed by atoms with E-state index in [2.05, 4.69) is 0 Å². The predicted octanol–water partition coefficient (Wildman–Crippen LogP) is 3.19. The molecule has 174 valence electrons. The summed E-state index contributed by atoms with van der Waals surface area (Å²) >= 11 is 0. The van der Waals surface area contributed by atoms with Crippen molar-refractivity contribution in [2.24, 2.45) is 17.6 Å². The van der Waals surface area contributed by atoms with Crippen molar-refractivity contribution in [3.8, 4) is 0 Å². The molecular weight excluding hydrogens is 443 g/mol. The summed E-state index contributed by atoms with van der Waals surface area (Å²) in [7, 11) is -3.51. The number of carbonyl (C=O) groups is 2. The molecule has 0 aromatic heterocycles. The van der Waals surface area contributed by atoms with Crippen LogP contribution in [0, 0.1) is 24.6 Å². The van der Waals surface area contributed by atoms with Crippen molar-refractivity contribution in [2.75, 3.05) is 6.26 Å². The molecule has 33 heavy (non-hydrogen) atoms. The zero-order valence-electron chi connectivity index (χ0n) is 18.6. The Bertz CT molecular complexity index is 1270. The van der Waals surface area contributed by atoms with E-state index in [0.717, 1.165) is 31.1 Å². The van der Waals surface area contributed by atoms with Crippen molar-refractivity contribution in [1.82, 2.24) is 4.90 Å². The molecular formula is C25H27FN2O4S. The summed E-state index contributed by atoms with van der Waals surface area (Å²) in [5.74, 6) is -0.936. The van der Waals surface area contributed by atoms with Crippen LogP contribution in [0.1, 0.15) is 53.1 Å². The van der Waals surface area contributed by atoms with Gasteiger partial charge >= 0.3 is 0 Å². The number of sulfone groups is 1. The van der Waals surface area contributed by atoms with Crippen LogP contribution in [0.3, 0.4) is 0 Å². The number of nitrogens with two attached hydrogens (primary N) is 1. The van der Waals surface area contributed by atoms with E-state index in [1.807, 2.05) is 6.07 Å². The smallest absolute Gasteiger partial charge is 0.255 e. The second-order valence-corrected chi connectivity index (χ2v) is 11.9. The molecule has 2 saturated carbocycles. The van der Waals surface area contributed by atoms with Crippen LogP contribution in [0.4, 0.5) is 4.39 Å². The van der Waals surface area contributed by atoms with Gasteiger partial charge in [0.25, 0.3) is 5.91 Å². The molecule has 6 nitrogen and oxygen atoms in total. The number of benzene rings is 2. The van der Waals surface area contributed by atoms with Gasteiger partial charge in [0, 0.05) is 17.7 Å². The number of primary amides is 1. The van der Waals surface area contributed by atoms with Gasteiger partial charge in [-0.05, 0) is 79.8 Å². The van der Waals surface area contributed by atoms with Gasteiger partial charge in [0.2, 0.25) is 5.91 Å². The Hall–Kier alpha value is -2.74. The number of carbonyl (C=O) groups excluding carboxylic acids is 2. The van der Waals surface area contributed by atoms with Crippen LogP contribution in [0.5, 0.6) is 0 Å². The highest BCUT2D eigenvalue weighted by Gasteiger charge is 2.72. The maximum Gasteiger partial charge on any atom is 0.255 e. The third-order valence-corrected chi connectivity index (χ3v) is 8.74. The Morgan fingerprint density at radius 3 is 2.52 bits per heavy atom. The van der Waals surface area contributed by atoms with Crippen LogP contribution in [-0.2, 0) is 14.6 Å². The molecule has 4 atom stereocenters. The van der Waals surface area contributed by atoms with Gasteiger partial charge in [-0.1, -0.05) is 18.2 Å². The first kappa shape index (κ1) is 22.1. The third-order valence-electron chi connectivity index (χ3n) is 7.63. The summed E-state index contributed by atoms with van der Waals surface area (Å²) in [6.45, 7) is 1.72. The molecule has 5 rings (SSSR count). The second-order valence-electron chi connectivity index (χ2n) is 9.85. The van der Waals surface area contributed by atoms with E-state index in [-0.39, 0.29) is 28.1 Å². The number of hydrogen-bond acceptors (Lipinski definition) is 4. The first-order valence-corrected chi connectivity index (χ1v) is 13.1. The molecule has 3 fully saturated rings. The fraction of sp³-hybridized carbons (Fsp3) is 0.440. The lowest BCUT2D eigenvalue weighted by molar-refractivity contribution is -0.122. The van der Waals surface area contributed by atoms with E-state index >= 15 is 0 Å². The molecule has 0 spiro atoms. The number of fused-ring (bicyclic) bond motifs is 1. The minimum absolute atomic E-state index is 0.0453. The predicted molar refractivity (Wildman–Crippen MR) is 121 cm³/mol. The van der Waals surface area contributed by atoms with Crippen molar-refractivity contribution < 1.29 is 22.4 Å². The van der Waals surface area contributed by atoms with Gasteiger partial charge in [-0.2, -0.15) is 0 Å². The first-order chi connectivity index (χ1) is 15.5. The maximum atomic E-state index is 14.5. The number of aryl methyl sites for hydroxylation is 1. The quantitative estimate of drug-likeness (QED) is 0.701. The van der Waals surface area contributed by atoms with Crippen LogP contribution in [0.15, 0.2) is 47.4 Å². The zero-order chi connectivity index (χ0) is 23.7. The molecule has 3 unspecified atom stereocenters. The molecule has 0 bridgehead atoms. The lowest BCUT2D eigenvalue weighted by atomic mass is 9.82. The minimum atomic E-state index is -3.51. The van der Waals surface area contributed by atoms with Gasteiger partial charge in [0.05, 0.1) is 10.4 Å². The third kappa shape index (κ3) is 3.55. The standard InChI is InChI=1S/C25H27FN2O4S/c1-14-6-7-16(11-20(14)26)22(15-8-9-15)25-13-18(25)12-21(23(27)29)28(25)24(30)17-4-3-5-19(10-17)33(2,31)32/h3-7,10-11,15,18,21-22H,8-9,12-13H2,1-2H3,(H2,27,29)/t18?,21?,22-,25?/m1/s1.